The second-order valence-electron chi connectivity index (χ2n) is 5.68. The minimum Gasteiger partial charge on any atom is -0.390 e. The Hall–Kier alpha value is -1.69. The minimum absolute atomic E-state index is 0.0830. The highest BCUT2D eigenvalue weighted by Crippen LogP contribution is 2.35. The normalized spacial score (nSPS) is 22.5. The topological polar surface area (TPSA) is 50.1 Å². The van der Waals surface area contributed by atoms with Crippen LogP contribution >= 0.6 is 11.6 Å². The molecule has 0 spiro atoms. The Bertz CT molecular complexity index is 804. The maximum atomic E-state index is 13.7. The van der Waals surface area contributed by atoms with E-state index in [1.807, 2.05) is 4.57 Å². The molecule has 1 aliphatic rings. The number of aliphatic hydroxyl groups is 1. The van der Waals surface area contributed by atoms with Crippen molar-refractivity contribution < 1.29 is 9.50 Å². The van der Waals surface area contributed by atoms with Crippen LogP contribution in [0.5, 0.6) is 0 Å². The molecule has 0 aliphatic carbocycles. The Kier molecular flexibility index (Phi) is 3.29. The molecule has 3 heterocycles. The van der Waals surface area contributed by atoms with Crippen molar-refractivity contribution in [2.75, 3.05) is 13.1 Å². The number of β-amino-alcohol motifs (C(OH)–C–C–N with tert-alkyl or cyclic N) is 1. The summed E-state index contributed by atoms with van der Waals surface area (Å²) in [6.45, 7) is 1.37. The SMILES string of the molecule is O[C@@H]1CNCC[C@H]1n1c2ccc(F)cc2c2cc(Cl)cnc21. The van der Waals surface area contributed by atoms with Crippen molar-refractivity contribution in [3.8, 4) is 0 Å². The molecule has 0 unspecified atom stereocenters. The van der Waals surface area contributed by atoms with Crippen molar-refractivity contribution in [2.24, 2.45) is 0 Å². The standard InChI is InChI=1S/C16H15ClFN3O/c17-9-5-12-11-6-10(18)1-2-13(11)21(16(12)20-7-9)14-3-4-19-8-15(14)22/h1-2,5-7,14-15,19,22H,3-4,8H2/t14-,15-/m1/s1. The smallest absolute Gasteiger partial charge is 0.141 e. The average Bonchev–Trinajstić information content (AvgIpc) is 2.81. The van der Waals surface area contributed by atoms with Crippen molar-refractivity contribution in [3.05, 3.63) is 41.3 Å². The van der Waals surface area contributed by atoms with Crippen molar-refractivity contribution in [1.29, 1.82) is 0 Å². The van der Waals surface area contributed by atoms with E-state index >= 15 is 0 Å². The van der Waals surface area contributed by atoms with Gasteiger partial charge in [0.05, 0.1) is 22.7 Å². The zero-order valence-corrected chi connectivity index (χ0v) is 12.5. The summed E-state index contributed by atoms with van der Waals surface area (Å²) in [5.41, 5.74) is 1.60. The van der Waals surface area contributed by atoms with Crippen molar-refractivity contribution in [3.63, 3.8) is 0 Å². The Balaban J connectivity index is 2.06. The molecule has 4 rings (SSSR count). The summed E-state index contributed by atoms with van der Waals surface area (Å²) in [5.74, 6) is -0.294. The monoisotopic (exact) mass is 319 g/mol. The number of fused-ring (bicyclic) bond motifs is 3. The Morgan fingerprint density at radius 2 is 2.18 bits per heavy atom. The number of hydrogen-bond acceptors (Lipinski definition) is 3. The highest BCUT2D eigenvalue weighted by Gasteiger charge is 2.28. The number of aliphatic hydroxyl groups excluding tert-OH is 1. The highest BCUT2D eigenvalue weighted by atomic mass is 35.5. The molecule has 6 heteroatoms. The summed E-state index contributed by atoms with van der Waals surface area (Å²) in [7, 11) is 0. The third kappa shape index (κ3) is 2.08. The predicted molar refractivity (Wildman–Crippen MR) is 84.7 cm³/mol. The van der Waals surface area contributed by atoms with Crippen molar-refractivity contribution >= 4 is 33.5 Å². The fraction of sp³-hybridized carbons (Fsp3) is 0.312. The van der Waals surface area contributed by atoms with Crippen LogP contribution in [-0.4, -0.2) is 33.9 Å². The fourth-order valence-corrected chi connectivity index (χ4v) is 3.49. The van der Waals surface area contributed by atoms with Crippen molar-refractivity contribution in [2.45, 2.75) is 18.6 Å². The molecular formula is C16H15ClFN3O. The first-order chi connectivity index (χ1) is 10.6. The molecule has 0 radical (unpaired) electrons. The zero-order chi connectivity index (χ0) is 15.3. The third-order valence-electron chi connectivity index (χ3n) is 4.32. The van der Waals surface area contributed by atoms with Gasteiger partial charge in [-0.15, -0.1) is 0 Å². The number of benzene rings is 1. The van der Waals surface area contributed by atoms with E-state index in [2.05, 4.69) is 10.3 Å². The molecular weight excluding hydrogens is 305 g/mol. The first-order valence-corrected chi connectivity index (χ1v) is 7.66. The van der Waals surface area contributed by atoms with E-state index in [1.54, 1.807) is 18.3 Å². The molecule has 0 bridgehead atoms. The number of nitrogens with zero attached hydrogens (tertiary/aromatic N) is 2. The lowest BCUT2D eigenvalue weighted by atomic mass is 10.0. The largest absolute Gasteiger partial charge is 0.390 e. The van der Waals surface area contributed by atoms with E-state index in [0.717, 1.165) is 34.9 Å². The Labute approximate surface area is 131 Å². The average molecular weight is 320 g/mol. The number of halogens is 2. The van der Waals surface area contributed by atoms with E-state index < -0.39 is 6.10 Å². The summed E-state index contributed by atoms with van der Waals surface area (Å²) >= 11 is 6.06. The van der Waals surface area contributed by atoms with Crippen LogP contribution in [-0.2, 0) is 0 Å². The second-order valence-corrected chi connectivity index (χ2v) is 6.12. The van der Waals surface area contributed by atoms with Crippen LogP contribution in [0.1, 0.15) is 12.5 Å². The van der Waals surface area contributed by atoms with E-state index in [-0.39, 0.29) is 11.9 Å². The van der Waals surface area contributed by atoms with Crippen LogP contribution in [0.2, 0.25) is 5.02 Å². The molecule has 1 aliphatic heterocycles. The van der Waals surface area contributed by atoms with Gasteiger partial charge in [-0.05, 0) is 37.2 Å². The summed E-state index contributed by atoms with van der Waals surface area (Å²) in [4.78, 5) is 4.43. The van der Waals surface area contributed by atoms with Crippen LogP contribution in [0.4, 0.5) is 4.39 Å². The van der Waals surface area contributed by atoms with E-state index in [1.165, 1.54) is 12.1 Å². The molecule has 1 fully saturated rings. The molecule has 1 saturated heterocycles. The summed E-state index contributed by atoms with van der Waals surface area (Å²) in [5, 5.41) is 15.6. The van der Waals surface area contributed by atoms with E-state index in [0.29, 0.717) is 11.6 Å². The number of nitrogens with one attached hydrogen (secondary N) is 1. The van der Waals surface area contributed by atoms with Crippen LogP contribution in [0.3, 0.4) is 0 Å². The first-order valence-electron chi connectivity index (χ1n) is 7.28. The molecule has 2 N–H and O–H groups in total. The Morgan fingerprint density at radius 3 is 3.00 bits per heavy atom. The van der Waals surface area contributed by atoms with Crippen LogP contribution in [0, 0.1) is 5.82 Å². The van der Waals surface area contributed by atoms with Gasteiger partial charge in [-0.3, -0.25) is 0 Å². The van der Waals surface area contributed by atoms with Crippen LogP contribution in [0.15, 0.2) is 30.5 Å². The van der Waals surface area contributed by atoms with E-state index in [9.17, 15) is 9.50 Å². The van der Waals surface area contributed by atoms with Gasteiger partial charge in [0.15, 0.2) is 0 Å². The maximum Gasteiger partial charge on any atom is 0.141 e. The molecule has 114 valence electrons. The highest BCUT2D eigenvalue weighted by molar-refractivity contribution is 6.31. The summed E-state index contributed by atoms with van der Waals surface area (Å²) < 4.78 is 15.7. The molecule has 4 nitrogen and oxygen atoms in total. The van der Waals surface area contributed by atoms with Gasteiger partial charge in [0, 0.05) is 23.5 Å². The molecule has 3 aromatic rings. The van der Waals surface area contributed by atoms with Gasteiger partial charge in [-0.1, -0.05) is 11.6 Å². The lowest BCUT2D eigenvalue weighted by Gasteiger charge is -2.30. The Morgan fingerprint density at radius 1 is 1.32 bits per heavy atom. The molecule has 0 amide bonds. The molecule has 1 aromatic carbocycles. The molecule has 22 heavy (non-hydrogen) atoms. The van der Waals surface area contributed by atoms with Gasteiger partial charge in [-0.25, -0.2) is 9.37 Å². The van der Waals surface area contributed by atoms with Gasteiger partial charge >= 0.3 is 0 Å². The third-order valence-corrected chi connectivity index (χ3v) is 4.52. The number of rotatable bonds is 1. The molecule has 2 atom stereocenters. The van der Waals surface area contributed by atoms with Crippen LogP contribution in [0.25, 0.3) is 21.9 Å². The first kappa shape index (κ1) is 13.9. The van der Waals surface area contributed by atoms with Gasteiger partial charge in [0.2, 0.25) is 0 Å². The quantitative estimate of drug-likeness (QED) is 0.725. The minimum atomic E-state index is -0.505. The van der Waals surface area contributed by atoms with Gasteiger partial charge < -0.3 is 15.0 Å². The van der Waals surface area contributed by atoms with Gasteiger partial charge in [-0.2, -0.15) is 0 Å². The van der Waals surface area contributed by atoms with Gasteiger partial charge in [0.1, 0.15) is 11.5 Å². The lowest BCUT2D eigenvalue weighted by molar-refractivity contribution is 0.0910. The number of piperidine rings is 1. The molecule has 2 aromatic heterocycles. The molecule has 0 saturated carbocycles. The maximum absolute atomic E-state index is 13.7. The predicted octanol–water partition coefficient (Wildman–Crippen LogP) is 2.88. The van der Waals surface area contributed by atoms with Gasteiger partial charge in [0.25, 0.3) is 0 Å². The number of hydrogen-bond donors (Lipinski definition) is 2. The zero-order valence-electron chi connectivity index (χ0n) is 11.8. The van der Waals surface area contributed by atoms with Crippen LogP contribution < -0.4 is 5.32 Å². The number of aromatic nitrogens is 2. The summed E-state index contributed by atoms with van der Waals surface area (Å²) in [6.07, 6.45) is 1.88. The van der Waals surface area contributed by atoms with Crippen molar-refractivity contribution in [1.82, 2.24) is 14.9 Å². The fourth-order valence-electron chi connectivity index (χ4n) is 3.34. The number of pyridine rings is 1. The lowest BCUT2D eigenvalue weighted by Crippen LogP contribution is -2.41. The summed E-state index contributed by atoms with van der Waals surface area (Å²) in [6, 6.07) is 6.40. The second kappa shape index (κ2) is 5.19. The van der Waals surface area contributed by atoms with E-state index in [4.69, 9.17) is 11.6 Å².